The number of nitro groups is 1. The molecule has 0 spiro atoms. The minimum Gasteiger partial charge on any atom is -0.455 e. The number of aryl methyl sites for hydroxylation is 1. The van der Waals surface area contributed by atoms with E-state index >= 15 is 0 Å². The highest BCUT2D eigenvalue weighted by Crippen LogP contribution is 2.29. The van der Waals surface area contributed by atoms with Gasteiger partial charge >= 0.3 is 5.91 Å². The number of non-ortho nitro benzene ring substituents is 1. The van der Waals surface area contributed by atoms with Crippen molar-refractivity contribution in [3.63, 3.8) is 0 Å². The van der Waals surface area contributed by atoms with Crippen molar-refractivity contribution in [1.29, 1.82) is 0 Å². The smallest absolute Gasteiger partial charge is 0.305 e. The summed E-state index contributed by atoms with van der Waals surface area (Å²) < 4.78 is 5.78. The van der Waals surface area contributed by atoms with Crippen molar-refractivity contribution in [2.24, 2.45) is 5.10 Å². The van der Waals surface area contributed by atoms with Gasteiger partial charge in [0.1, 0.15) is 5.76 Å². The van der Waals surface area contributed by atoms with E-state index in [9.17, 15) is 24.5 Å². The average molecular weight is 489 g/mol. The van der Waals surface area contributed by atoms with Gasteiger partial charge in [-0.05, 0) is 37.5 Å². The third kappa shape index (κ3) is 5.46. The molecule has 11 heteroatoms. The zero-order valence-electron chi connectivity index (χ0n) is 19.4. The van der Waals surface area contributed by atoms with Gasteiger partial charge in [0.2, 0.25) is 5.91 Å². The van der Waals surface area contributed by atoms with E-state index in [4.69, 9.17) is 4.42 Å². The molecule has 0 radical (unpaired) electrons. The Labute approximate surface area is 205 Å². The van der Waals surface area contributed by atoms with Gasteiger partial charge in [0, 0.05) is 35.2 Å². The molecular weight excluding hydrogens is 466 g/mol. The van der Waals surface area contributed by atoms with Crippen molar-refractivity contribution >= 4 is 29.1 Å². The number of hydrogen-bond donors (Lipinski definition) is 3. The van der Waals surface area contributed by atoms with Crippen molar-refractivity contribution in [2.45, 2.75) is 32.6 Å². The van der Waals surface area contributed by atoms with E-state index in [1.54, 1.807) is 6.92 Å². The summed E-state index contributed by atoms with van der Waals surface area (Å²) in [5, 5.41) is 15.0. The zero-order chi connectivity index (χ0) is 25.7. The van der Waals surface area contributed by atoms with E-state index in [0.717, 1.165) is 12.0 Å². The van der Waals surface area contributed by atoms with Crippen molar-refractivity contribution in [3.8, 4) is 0 Å². The van der Waals surface area contributed by atoms with Crippen molar-refractivity contribution in [1.82, 2.24) is 16.3 Å². The fraction of sp³-hybridized carbons (Fsp3) is 0.200. The normalized spacial score (nSPS) is 13.5. The van der Waals surface area contributed by atoms with Gasteiger partial charge in [-0.3, -0.25) is 35.3 Å². The second-order valence-electron chi connectivity index (χ2n) is 8.18. The Bertz CT molecular complexity index is 1350. The Kier molecular flexibility index (Phi) is 7.19. The monoisotopic (exact) mass is 489 g/mol. The quantitative estimate of drug-likeness (QED) is 0.357. The van der Waals surface area contributed by atoms with Gasteiger partial charge in [-0.25, -0.2) is 5.43 Å². The van der Waals surface area contributed by atoms with Crippen molar-refractivity contribution in [3.05, 3.63) is 98.5 Å². The van der Waals surface area contributed by atoms with Crippen LogP contribution in [0.5, 0.6) is 0 Å². The third-order valence-electron chi connectivity index (χ3n) is 5.68. The first-order chi connectivity index (χ1) is 17.3. The van der Waals surface area contributed by atoms with Gasteiger partial charge in [-0.2, -0.15) is 5.10 Å². The van der Waals surface area contributed by atoms with Crippen LogP contribution in [0.4, 0.5) is 5.69 Å². The Hall–Kier alpha value is -4.80. The molecule has 0 aliphatic heterocycles. The first-order valence-corrected chi connectivity index (χ1v) is 11.2. The SMILES string of the molecule is Cc1c(C(=O)NNC(=O)c2ccc([N+](=O)[O-])cc2)oc2c1/C(=N/NC(=O)Cc1ccccc1)CCC2. The van der Waals surface area contributed by atoms with Crippen LogP contribution in [0.1, 0.15) is 56.2 Å². The Balaban J connectivity index is 1.42. The molecule has 1 heterocycles. The van der Waals surface area contributed by atoms with E-state index in [2.05, 4.69) is 21.4 Å². The second-order valence-corrected chi connectivity index (χ2v) is 8.18. The number of carbonyl (C=O) groups excluding carboxylic acids is 3. The molecule has 0 atom stereocenters. The Morgan fingerprint density at radius 3 is 2.39 bits per heavy atom. The van der Waals surface area contributed by atoms with E-state index < -0.39 is 16.7 Å². The molecule has 3 N–H and O–H groups in total. The van der Waals surface area contributed by atoms with Gasteiger partial charge in [0.05, 0.1) is 17.1 Å². The van der Waals surface area contributed by atoms with Crippen LogP contribution < -0.4 is 16.3 Å². The molecular formula is C25H23N5O6. The summed E-state index contributed by atoms with van der Waals surface area (Å²) >= 11 is 0. The van der Waals surface area contributed by atoms with Crippen LogP contribution in [0.3, 0.4) is 0 Å². The maximum Gasteiger partial charge on any atom is 0.305 e. The van der Waals surface area contributed by atoms with Crippen LogP contribution >= 0.6 is 0 Å². The fourth-order valence-corrected chi connectivity index (χ4v) is 3.92. The number of nitro benzene ring substituents is 1. The summed E-state index contributed by atoms with van der Waals surface area (Å²) in [7, 11) is 0. The van der Waals surface area contributed by atoms with E-state index in [1.807, 2.05) is 30.3 Å². The summed E-state index contributed by atoms with van der Waals surface area (Å²) in [5.74, 6) is -0.954. The highest BCUT2D eigenvalue weighted by atomic mass is 16.6. The van der Waals surface area contributed by atoms with Gasteiger partial charge < -0.3 is 4.42 Å². The van der Waals surface area contributed by atoms with Crippen LogP contribution in [0.2, 0.25) is 0 Å². The molecule has 1 aliphatic carbocycles. The summed E-state index contributed by atoms with van der Waals surface area (Å²) in [6.45, 7) is 1.71. The van der Waals surface area contributed by atoms with Crippen LogP contribution in [0, 0.1) is 17.0 Å². The molecule has 1 aliphatic rings. The summed E-state index contributed by atoms with van der Waals surface area (Å²) in [4.78, 5) is 47.5. The molecule has 1 aromatic heterocycles. The van der Waals surface area contributed by atoms with Gasteiger partial charge in [0.25, 0.3) is 11.6 Å². The molecule has 36 heavy (non-hydrogen) atoms. The summed E-state index contributed by atoms with van der Waals surface area (Å²) in [5.41, 5.74) is 9.85. The first kappa shape index (κ1) is 24.3. The number of furan rings is 1. The molecule has 0 fully saturated rings. The van der Waals surface area contributed by atoms with E-state index in [-0.39, 0.29) is 29.3 Å². The third-order valence-corrected chi connectivity index (χ3v) is 5.68. The zero-order valence-corrected chi connectivity index (χ0v) is 19.4. The molecule has 184 valence electrons. The minimum absolute atomic E-state index is 0.0224. The van der Waals surface area contributed by atoms with Crippen molar-refractivity contribution < 1.29 is 23.7 Å². The van der Waals surface area contributed by atoms with E-state index in [1.165, 1.54) is 24.3 Å². The maximum absolute atomic E-state index is 12.7. The molecule has 0 unspecified atom stereocenters. The number of hydrazone groups is 1. The lowest BCUT2D eigenvalue weighted by Crippen LogP contribution is -2.41. The van der Waals surface area contributed by atoms with Crippen LogP contribution in [0.25, 0.3) is 0 Å². The topological polar surface area (TPSA) is 156 Å². The van der Waals surface area contributed by atoms with Crippen LogP contribution in [-0.4, -0.2) is 28.4 Å². The lowest BCUT2D eigenvalue weighted by atomic mass is 9.93. The number of fused-ring (bicyclic) bond motifs is 1. The number of hydrogen-bond acceptors (Lipinski definition) is 7. The maximum atomic E-state index is 12.7. The molecule has 0 bridgehead atoms. The van der Waals surface area contributed by atoms with Crippen LogP contribution in [-0.2, 0) is 17.6 Å². The fourth-order valence-electron chi connectivity index (χ4n) is 3.92. The lowest BCUT2D eigenvalue weighted by molar-refractivity contribution is -0.384. The molecule has 11 nitrogen and oxygen atoms in total. The van der Waals surface area contributed by atoms with E-state index in [0.29, 0.717) is 35.4 Å². The predicted molar refractivity (Wildman–Crippen MR) is 129 cm³/mol. The standard InChI is InChI=1S/C25H23N5O6/c1-15-22-19(26-27-21(31)14-16-6-3-2-4-7-16)8-5-9-20(22)36-23(15)25(33)29-28-24(32)17-10-12-18(13-11-17)30(34)35/h2-4,6-7,10-13H,5,8-9,14H2,1H3,(H,27,31)(H,28,32)(H,29,33)/b26-19+. The average Bonchev–Trinajstić information content (AvgIpc) is 3.23. The predicted octanol–water partition coefficient (Wildman–Crippen LogP) is 2.97. The van der Waals surface area contributed by atoms with Gasteiger partial charge in [-0.15, -0.1) is 0 Å². The van der Waals surface area contributed by atoms with Gasteiger partial charge in [0.15, 0.2) is 5.76 Å². The molecule has 0 saturated carbocycles. The number of amides is 3. The highest BCUT2D eigenvalue weighted by molar-refractivity contribution is 6.07. The number of rotatable bonds is 6. The number of hydrazine groups is 1. The van der Waals surface area contributed by atoms with Gasteiger partial charge in [-0.1, -0.05) is 30.3 Å². The highest BCUT2D eigenvalue weighted by Gasteiger charge is 2.28. The lowest BCUT2D eigenvalue weighted by Gasteiger charge is -2.13. The number of benzene rings is 2. The van der Waals surface area contributed by atoms with Crippen LogP contribution in [0.15, 0.2) is 64.1 Å². The Morgan fingerprint density at radius 1 is 1.00 bits per heavy atom. The largest absolute Gasteiger partial charge is 0.455 e. The first-order valence-electron chi connectivity index (χ1n) is 11.2. The molecule has 4 rings (SSSR count). The molecule has 3 amide bonds. The number of carbonyl (C=O) groups is 3. The molecule has 2 aromatic carbocycles. The minimum atomic E-state index is -0.662. The Morgan fingerprint density at radius 2 is 1.69 bits per heavy atom. The molecule has 3 aromatic rings. The summed E-state index contributed by atoms with van der Waals surface area (Å²) in [6, 6.07) is 14.3. The number of nitrogens with zero attached hydrogens (tertiary/aromatic N) is 2. The van der Waals surface area contributed by atoms with Crippen molar-refractivity contribution in [2.75, 3.05) is 0 Å². The second kappa shape index (κ2) is 10.6. The molecule has 0 saturated heterocycles. The summed E-state index contributed by atoms with van der Waals surface area (Å²) in [6.07, 6.45) is 2.15. The number of nitrogens with one attached hydrogen (secondary N) is 3.